The molecule has 1 fully saturated rings. The summed E-state index contributed by atoms with van der Waals surface area (Å²) in [5, 5.41) is 0.167. The number of alkyl halides is 1. The van der Waals surface area contributed by atoms with E-state index in [9.17, 15) is 0 Å². The van der Waals surface area contributed by atoms with Gasteiger partial charge in [0, 0.05) is 6.61 Å². The van der Waals surface area contributed by atoms with E-state index < -0.39 is 8.32 Å². The summed E-state index contributed by atoms with van der Waals surface area (Å²) in [5.74, 6) is 0. The van der Waals surface area contributed by atoms with E-state index in [1.165, 1.54) is 24.4 Å². The largest absolute Gasteiger partial charge is 0.415 e. The Morgan fingerprint density at radius 1 is 1.21 bits per heavy atom. The van der Waals surface area contributed by atoms with E-state index in [1.807, 2.05) is 0 Å². The van der Waals surface area contributed by atoms with Gasteiger partial charge in [0.05, 0.1) is 5.00 Å². The van der Waals surface area contributed by atoms with Crippen LogP contribution in [0.2, 0.25) is 6.04 Å². The van der Waals surface area contributed by atoms with E-state index in [0.717, 1.165) is 12.7 Å². The zero-order valence-electron chi connectivity index (χ0n) is 12.3. The monoisotopic (exact) mass is 296 g/mol. The van der Waals surface area contributed by atoms with Crippen molar-refractivity contribution in [2.75, 3.05) is 6.61 Å². The highest BCUT2D eigenvalue weighted by Gasteiger charge is 2.48. The number of hydrogen-bond donors (Lipinski definition) is 0. The fourth-order valence-electron chi connectivity index (χ4n) is 3.03. The zero-order valence-corrected chi connectivity index (χ0v) is 14.0. The number of benzene rings is 1. The van der Waals surface area contributed by atoms with E-state index in [0.29, 0.717) is 0 Å². The smallest absolute Gasteiger partial charge is 0.215 e. The lowest BCUT2D eigenvalue weighted by molar-refractivity contribution is 0.247. The van der Waals surface area contributed by atoms with Crippen LogP contribution in [-0.2, 0) is 10.5 Å². The minimum absolute atomic E-state index is 0.111. The minimum atomic E-state index is -1.90. The van der Waals surface area contributed by atoms with Gasteiger partial charge in [0.25, 0.3) is 0 Å². The van der Waals surface area contributed by atoms with Gasteiger partial charge in [-0.2, -0.15) is 0 Å². The first-order valence-electron chi connectivity index (χ1n) is 7.26. The Hall–Kier alpha value is -0.313. The minimum Gasteiger partial charge on any atom is -0.415 e. The first-order valence-corrected chi connectivity index (χ1v) is 10.1. The molecule has 0 radical (unpaired) electrons. The number of halogens is 1. The van der Waals surface area contributed by atoms with Gasteiger partial charge in [-0.15, -0.1) is 11.6 Å². The van der Waals surface area contributed by atoms with Gasteiger partial charge in [-0.05, 0) is 29.5 Å². The Morgan fingerprint density at radius 2 is 1.89 bits per heavy atom. The van der Waals surface area contributed by atoms with E-state index in [2.05, 4.69) is 51.1 Å². The molecule has 0 spiro atoms. The molecule has 2 atom stereocenters. The molecular formula is C16H25ClOSi. The molecule has 1 saturated heterocycles. The fraction of sp³-hybridized carbons (Fsp3) is 0.625. The van der Waals surface area contributed by atoms with Crippen LogP contribution >= 0.6 is 11.6 Å². The molecule has 2 rings (SSSR count). The summed E-state index contributed by atoms with van der Waals surface area (Å²) in [5.41, 5.74) is 1.49. The van der Waals surface area contributed by atoms with E-state index in [1.54, 1.807) is 0 Å². The van der Waals surface area contributed by atoms with Crippen LogP contribution in [0.5, 0.6) is 0 Å². The lowest BCUT2D eigenvalue weighted by Gasteiger charge is -2.44. The van der Waals surface area contributed by atoms with Crippen LogP contribution in [0, 0.1) is 5.41 Å². The third-order valence-corrected chi connectivity index (χ3v) is 10.6. The fourth-order valence-corrected chi connectivity index (χ4v) is 8.69. The SMILES string of the molecule is CC(C)(C)C(Cl)[Si]1(Cc2ccccc2)CCCCO1. The second kappa shape index (κ2) is 5.98. The molecular weight excluding hydrogens is 272 g/mol. The van der Waals surface area contributed by atoms with Gasteiger partial charge in [-0.3, -0.25) is 0 Å². The molecule has 1 aromatic rings. The van der Waals surface area contributed by atoms with Crippen LogP contribution in [0.15, 0.2) is 30.3 Å². The van der Waals surface area contributed by atoms with Crippen molar-refractivity contribution >= 4 is 19.9 Å². The molecule has 1 aliphatic rings. The predicted octanol–water partition coefficient (Wildman–Crippen LogP) is 4.72. The molecule has 0 amide bonds. The average molecular weight is 297 g/mol. The molecule has 2 unspecified atom stereocenters. The van der Waals surface area contributed by atoms with Crippen LogP contribution in [0.4, 0.5) is 0 Å². The molecule has 0 saturated carbocycles. The second-order valence-corrected chi connectivity index (χ2v) is 11.4. The lowest BCUT2D eigenvalue weighted by Crippen LogP contribution is -2.57. The molecule has 1 aliphatic heterocycles. The molecule has 0 N–H and O–H groups in total. The molecule has 1 aromatic carbocycles. The van der Waals surface area contributed by atoms with Gasteiger partial charge >= 0.3 is 0 Å². The summed E-state index contributed by atoms with van der Waals surface area (Å²) >= 11 is 6.88. The summed E-state index contributed by atoms with van der Waals surface area (Å²) in [7, 11) is -1.90. The van der Waals surface area contributed by atoms with E-state index in [4.69, 9.17) is 16.0 Å². The van der Waals surface area contributed by atoms with Gasteiger partial charge in [0.15, 0.2) is 0 Å². The summed E-state index contributed by atoms with van der Waals surface area (Å²) < 4.78 is 6.36. The lowest BCUT2D eigenvalue weighted by atomic mass is 10.00. The van der Waals surface area contributed by atoms with Crippen LogP contribution in [0.3, 0.4) is 0 Å². The van der Waals surface area contributed by atoms with Gasteiger partial charge in [-0.1, -0.05) is 57.5 Å². The van der Waals surface area contributed by atoms with Gasteiger partial charge in [0.2, 0.25) is 8.32 Å². The normalized spacial score (nSPS) is 26.1. The third kappa shape index (κ3) is 3.62. The van der Waals surface area contributed by atoms with Crippen molar-refractivity contribution in [3.05, 3.63) is 35.9 Å². The molecule has 19 heavy (non-hydrogen) atoms. The van der Waals surface area contributed by atoms with Crippen molar-refractivity contribution in [3.8, 4) is 0 Å². The Labute approximate surface area is 123 Å². The maximum atomic E-state index is 6.88. The van der Waals surface area contributed by atoms with Crippen molar-refractivity contribution in [3.63, 3.8) is 0 Å². The van der Waals surface area contributed by atoms with Crippen LogP contribution < -0.4 is 0 Å². The Morgan fingerprint density at radius 3 is 2.42 bits per heavy atom. The first kappa shape index (κ1) is 15.1. The van der Waals surface area contributed by atoms with Crippen LogP contribution in [0.1, 0.15) is 39.2 Å². The highest BCUT2D eigenvalue weighted by molar-refractivity contribution is 6.81. The summed E-state index contributed by atoms with van der Waals surface area (Å²) in [6.45, 7) is 7.62. The van der Waals surface area contributed by atoms with Gasteiger partial charge < -0.3 is 4.43 Å². The third-order valence-electron chi connectivity index (χ3n) is 3.95. The molecule has 1 nitrogen and oxygen atoms in total. The van der Waals surface area contributed by atoms with Crippen molar-refractivity contribution in [1.29, 1.82) is 0 Å². The molecule has 106 valence electrons. The molecule has 0 bridgehead atoms. The maximum absolute atomic E-state index is 6.88. The average Bonchev–Trinajstić information content (AvgIpc) is 2.39. The van der Waals surface area contributed by atoms with E-state index >= 15 is 0 Å². The predicted molar refractivity (Wildman–Crippen MR) is 85.0 cm³/mol. The highest BCUT2D eigenvalue weighted by atomic mass is 35.5. The quantitative estimate of drug-likeness (QED) is 0.579. The summed E-state index contributed by atoms with van der Waals surface area (Å²) in [6, 6.07) is 13.0. The van der Waals surface area contributed by atoms with Gasteiger partial charge in [-0.25, -0.2) is 0 Å². The number of hydrogen-bond acceptors (Lipinski definition) is 1. The van der Waals surface area contributed by atoms with Crippen molar-refractivity contribution in [2.24, 2.45) is 5.41 Å². The van der Waals surface area contributed by atoms with E-state index in [-0.39, 0.29) is 10.4 Å². The molecule has 3 heteroatoms. The van der Waals surface area contributed by atoms with Crippen LogP contribution in [0.25, 0.3) is 0 Å². The Balaban J connectivity index is 2.24. The summed E-state index contributed by atoms with van der Waals surface area (Å²) in [6.07, 6.45) is 2.47. The molecule has 0 aromatic heterocycles. The molecule has 0 aliphatic carbocycles. The second-order valence-electron chi connectivity index (χ2n) is 6.76. The van der Waals surface area contributed by atoms with Crippen molar-refractivity contribution in [2.45, 2.75) is 50.7 Å². The van der Waals surface area contributed by atoms with Gasteiger partial charge in [0.1, 0.15) is 0 Å². The van der Waals surface area contributed by atoms with Crippen LogP contribution in [-0.4, -0.2) is 19.9 Å². The van der Waals surface area contributed by atoms with Crippen molar-refractivity contribution in [1.82, 2.24) is 0 Å². The topological polar surface area (TPSA) is 9.23 Å². The maximum Gasteiger partial charge on any atom is 0.215 e. The Kier molecular flexibility index (Phi) is 4.75. The zero-order chi connectivity index (χ0) is 13.9. The summed E-state index contributed by atoms with van der Waals surface area (Å²) in [4.78, 5) is 0. The molecule has 1 heterocycles. The van der Waals surface area contributed by atoms with Crippen molar-refractivity contribution < 1.29 is 4.43 Å². The number of rotatable bonds is 3. The Bertz CT molecular complexity index is 393. The first-order chi connectivity index (χ1) is 8.94. The standard InChI is InChI=1S/C16H25ClOSi/c1-16(2,3)15(17)19(12-8-7-11-18-19)13-14-9-5-4-6-10-14/h4-6,9-10,15H,7-8,11-13H2,1-3H3. The highest BCUT2D eigenvalue weighted by Crippen LogP contribution is 2.39.